The molecule has 0 spiro atoms. The largest absolute Gasteiger partial charge is 0.368 e. The topological polar surface area (TPSA) is 82.4 Å². The van der Waals surface area contributed by atoms with Crippen molar-refractivity contribution in [3.63, 3.8) is 0 Å². The Bertz CT molecular complexity index is 1330. The Morgan fingerprint density at radius 1 is 0.974 bits per heavy atom. The summed E-state index contributed by atoms with van der Waals surface area (Å²) in [6, 6.07) is 9.59. The van der Waals surface area contributed by atoms with Crippen LogP contribution in [0.5, 0.6) is 0 Å². The molecule has 3 N–H and O–H groups in total. The van der Waals surface area contributed by atoms with E-state index in [0.29, 0.717) is 31.8 Å². The van der Waals surface area contributed by atoms with Crippen LogP contribution in [-0.2, 0) is 9.59 Å². The third-order valence-corrected chi connectivity index (χ3v) is 8.00. The second-order valence-electron chi connectivity index (χ2n) is 10.2. The smallest absolute Gasteiger partial charge is 0.246 e. The van der Waals surface area contributed by atoms with E-state index in [1.165, 1.54) is 23.1 Å². The van der Waals surface area contributed by atoms with Gasteiger partial charge in [-0.25, -0.2) is 13.2 Å². The van der Waals surface area contributed by atoms with Gasteiger partial charge in [0.2, 0.25) is 11.8 Å². The monoisotopic (exact) mass is 524 g/mol. The molecule has 1 unspecified atom stereocenters. The molecule has 1 aromatic heterocycles. The van der Waals surface area contributed by atoms with Gasteiger partial charge in [-0.1, -0.05) is 18.2 Å². The molecule has 2 amide bonds. The quantitative estimate of drug-likeness (QED) is 0.366. The highest BCUT2D eigenvalue weighted by Crippen LogP contribution is 2.35. The first kappa shape index (κ1) is 26.0. The van der Waals surface area contributed by atoms with Crippen molar-refractivity contribution in [3.05, 3.63) is 77.2 Å². The number of nitrogens with two attached hydrogens (primary N) is 1. The Morgan fingerprint density at radius 2 is 1.63 bits per heavy atom. The molecular weight excluding hydrogens is 493 g/mol. The lowest BCUT2D eigenvalue weighted by molar-refractivity contribution is -0.129. The van der Waals surface area contributed by atoms with Crippen molar-refractivity contribution >= 4 is 28.8 Å². The van der Waals surface area contributed by atoms with Gasteiger partial charge in [-0.2, -0.15) is 0 Å². The fraction of sp³-hybridized carbons (Fsp3) is 0.379. The third kappa shape index (κ3) is 5.34. The number of para-hydroxylation sites is 1. The van der Waals surface area contributed by atoms with Crippen molar-refractivity contribution < 1.29 is 22.8 Å². The van der Waals surface area contributed by atoms with E-state index >= 15 is 0 Å². The van der Waals surface area contributed by atoms with Gasteiger partial charge in [0.05, 0.1) is 6.04 Å². The average molecular weight is 525 g/mol. The molecule has 0 bridgehead atoms. The lowest BCUT2D eigenvalue weighted by Gasteiger charge is -2.42. The molecule has 5 rings (SSSR count). The summed E-state index contributed by atoms with van der Waals surface area (Å²) in [4.78, 5) is 32.4. The van der Waals surface area contributed by atoms with Crippen LogP contribution < -0.4 is 5.73 Å². The minimum atomic E-state index is -1.54. The molecule has 3 heterocycles. The fourth-order valence-electron chi connectivity index (χ4n) is 6.01. The van der Waals surface area contributed by atoms with Gasteiger partial charge in [0, 0.05) is 36.3 Å². The van der Waals surface area contributed by atoms with E-state index in [9.17, 15) is 22.8 Å². The Labute approximate surface area is 219 Å². The van der Waals surface area contributed by atoms with E-state index in [1.807, 2.05) is 12.1 Å². The van der Waals surface area contributed by atoms with Crippen LogP contribution in [0.1, 0.15) is 42.7 Å². The highest BCUT2D eigenvalue weighted by molar-refractivity contribution is 5.92. The van der Waals surface area contributed by atoms with Gasteiger partial charge in [0.1, 0.15) is 0 Å². The molecule has 200 valence electrons. The summed E-state index contributed by atoms with van der Waals surface area (Å²) in [5.74, 6) is -4.32. The maximum atomic E-state index is 13.4. The standard InChI is InChI=1S/C29H31F3N4O2/c30-23-15-18(16-24(31)27(23)32)5-6-26(37)35-11-9-20(10-12-35)28(29(33)38)36-13-7-19(8-14-36)22-17-34-25-4-2-1-3-21(22)25/h1-6,15-17,19-20,28,34H,7-14H2,(H2,33,38)/b6-5+. The number of benzene rings is 2. The van der Waals surface area contributed by atoms with Crippen LogP contribution in [0, 0.1) is 23.4 Å². The number of carbonyl (C=O) groups is 2. The van der Waals surface area contributed by atoms with Crippen LogP contribution in [0.3, 0.4) is 0 Å². The van der Waals surface area contributed by atoms with Gasteiger partial charge in [-0.05, 0) is 86.0 Å². The molecule has 38 heavy (non-hydrogen) atoms. The number of H-pyrrole nitrogens is 1. The number of nitrogens with one attached hydrogen (secondary N) is 1. The number of rotatable bonds is 6. The van der Waals surface area contributed by atoms with Crippen molar-refractivity contribution in [1.29, 1.82) is 0 Å². The molecule has 0 saturated carbocycles. The Balaban J connectivity index is 1.17. The number of primary amides is 1. The molecular formula is C29H31F3N4O2. The van der Waals surface area contributed by atoms with Gasteiger partial charge in [-0.3, -0.25) is 14.5 Å². The summed E-state index contributed by atoms with van der Waals surface area (Å²) in [5.41, 5.74) is 8.40. The molecule has 3 aromatic rings. The molecule has 2 fully saturated rings. The van der Waals surface area contributed by atoms with E-state index < -0.39 is 17.5 Å². The molecule has 1 atom stereocenters. The van der Waals surface area contributed by atoms with Crippen molar-refractivity contribution in [3.8, 4) is 0 Å². The molecule has 9 heteroatoms. The van der Waals surface area contributed by atoms with Crippen molar-refractivity contribution in [2.75, 3.05) is 26.2 Å². The first-order valence-corrected chi connectivity index (χ1v) is 13.0. The number of nitrogens with zero attached hydrogens (tertiary/aromatic N) is 2. The first-order valence-electron chi connectivity index (χ1n) is 13.0. The third-order valence-electron chi connectivity index (χ3n) is 8.00. The highest BCUT2D eigenvalue weighted by atomic mass is 19.2. The molecule has 0 radical (unpaired) electrons. The van der Waals surface area contributed by atoms with E-state index in [1.54, 1.807) is 4.90 Å². The van der Waals surface area contributed by atoms with Gasteiger partial charge >= 0.3 is 0 Å². The van der Waals surface area contributed by atoms with Crippen LogP contribution in [0.25, 0.3) is 17.0 Å². The van der Waals surface area contributed by atoms with Gasteiger partial charge in [-0.15, -0.1) is 0 Å². The summed E-state index contributed by atoms with van der Waals surface area (Å²) >= 11 is 0. The number of hydrogen-bond acceptors (Lipinski definition) is 3. The normalized spacial score (nSPS) is 18.9. The van der Waals surface area contributed by atoms with E-state index in [4.69, 9.17) is 5.73 Å². The zero-order valence-electron chi connectivity index (χ0n) is 21.0. The van der Waals surface area contributed by atoms with Crippen LogP contribution in [0.4, 0.5) is 13.2 Å². The molecule has 2 aliphatic rings. The molecule has 2 aromatic carbocycles. The summed E-state index contributed by atoms with van der Waals surface area (Å²) in [5, 5.41) is 1.25. The molecule has 2 saturated heterocycles. The Hall–Kier alpha value is -3.59. The molecule has 0 aliphatic carbocycles. The zero-order chi connectivity index (χ0) is 26.8. The summed E-state index contributed by atoms with van der Waals surface area (Å²) in [6.07, 6.45) is 7.75. The average Bonchev–Trinajstić information content (AvgIpc) is 3.35. The Morgan fingerprint density at radius 3 is 2.29 bits per heavy atom. The van der Waals surface area contributed by atoms with E-state index in [2.05, 4.69) is 28.2 Å². The van der Waals surface area contributed by atoms with E-state index in [0.717, 1.165) is 43.6 Å². The summed E-state index contributed by atoms with van der Waals surface area (Å²) in [7, 11) is 0. The number of aromatic nitrogens is 1. The second kappa shape index (κ2) is 11.0. The van der Waals surface area contributed by atoms with E-state index in [-0.39, 0.29) is 29.3 Å². The highest BCUT2D eigenvalue weighted by Gasteiger charge is 2.37. The molecule has 2 aliphatic heterocycles. The van der Waals surface area contributed by atoms with Crippen LogP contribution in [0.15, 0.2) is 48.7 Å². The summed E-state index contributed by atoms with van der Waals surface area (Å²) < 4.78 is 40.0. The van der Waals surface area contributed by atoms with Crippen LogP contribution in [0.2, 0.25) is 0 Å². The minimum Gasteiger partial charge on any atom is -0.368 e. The zero-order valence-corrected chi connectivity index (χ0v) is 21.0. The summed E-state index contributed by atoms with van der Waals surface area (Å²) in [6.45, 7) is 2.47. The predicted octanol–water partition coefficient (Wildman–Crippen LogP) is 4.57. The number of likely N-dealkylation sites (tertiary alicyclic amines) is 2. The number of piperidine rings is 2. The lowest BCUT2D eigenvalue weighted by Crippen LogP contribution is -2.54. The lowest BCUT2D eigenvalue weighted by atomic mass is 9.84. The molecule has 6 nitrogen and oxygen atoms in total. The number of fused-ring (bicyclic) bond motifs is 1. The van der Waals surface area contributed by atoms with Gasteiger partial charge in [0.25, 0.3) is 0 Å². The number of amides is 2. The van der Waals surface area contributed by atoms with Crippen molar-refractivity contribution in [2.45, 2.75) is 37.6 Å². The Kier molecular flexibility index (Phi) is 7.56. The maximum Gasteiger partial charge on any atom is 0.246 e. The maximum absolute atomic E-state index is 13.4. The number of carbonyl (C=O) groups excluding carboxylic acids is 2. The number of halogens is 3. The van der Waals surface area contributed by atoms with Crippen molar-refractivity contribution in [2.24, 2.45) is 11.7 Å². The van der Waals surface area contributed by atoms with Crippen molar-refractivity contribution in [1.82, 2.24) is 14.8 Å². The van der Waals surface area contributed by atoms with Crippen LogP contribution >= 0.6 is 0 Å². The fourth-order valence-corrected chi connectivity index (χ4v) is 6.01. The first-order chi connectivity index (χ1) is 18.3. The van der Waals surface area contributed by atoms with Crippen LogP contribution in [-0.4, -0.2) is 58.8 Å². The van der Waals surface area contributed by atoms with Gasteiger partial charge < -0.3 is 15.6 Å². The number of aromatic amines is 1. The number of hydrogen-bond donors (Lipinski definition) is 2. The second-order valence-corrected chi connectivity index (χ2v) is 10.2. The SMILES string of the molecule is NC(=O)C(C1CCN(C(=O)/C=C/c2cc(F)c(F)c(F)c2)CC1)N1CCC(c2c[nH]c3ccccc23)CC1. The van der Waals surface area contributed by atoms with Gasteiger partial charge in [0.15, 0.2) is 17.5 Å². The predicted molar refractivity (Wildman–Crippen MR) is 139 cm³/mol. The minimum absolute atomic E-state index is 0.0467.